The van der Waals surface area contributed by atoms with Gasteiger partial charge in [0.1, 0.15) is 18.2 Å². The fourth-order valence-electron chi connectivity index (χ4n) is 5.68. The minimum Gasteiger partial charge on any atom is -0.445 e. The van der Waals surface area contributed by atoms with Gasteiger partial charge in [0.05, 0.1) is 6.54 Å². The largest absolute Gasteiger partial charge is 0.445 e. The van der Waals surface area contributed by atoms with Gasteiger partial charge in [0.25, 0.3) is 0 Å². The molecule has 0 radical (unpaired) electrons. The lowest BCUT2D eigenvalue weighted by Gasteiger charge is -2.30. The molecule has 10 nitrogen and oxygen atoms in total. The summed E-state index contributed by atoms with van der Waals surface area (Å²) >= 11 is 0. The van der Waals surface area contributed by atoms with E-state index in [4.69, 9.17) is 4.74 Å². The molecule has 254 valence electrons. The molecule has 0 aromatic heterocycles. The number of rotatable bonds is 10. The topological polar surface area (TPSA) is 120 Å². The lowest BCUT2D eigenvalue weighted by atomic mass is 9.98. The number of aryl methyl sites for hydroxylation is 1. The van der Waals surface area contributed by atoms with Crippen molar-refractivity contribution in [1.82, 2.24) is 20.9 Å². The molecule has 5 rings (SSSR count). The van der Waals surface area contributed by atoms with Gasteiger partial charge in [0.15, 0.2) is 0 Å². The van der Waals surface area contributed by atoms with Gasteiger partial charge < -0.3 is 30.5 Å². The van der Waals surface area contributed by atoms with E-state index in [2.05, 4.69) is 16.0 Å². The van der Waals surface area contributed by atoms with Crippen LogP contribution in [0, 0.1) is 0 Å². The van der Waals surface area contributed by atoms with Gasteiger partial charge >= 0.3 is 12.1 Å². The van der Waals surface area contributed by atoms with Crippen LogP contribution in [-0.4, -0.2) is 54.5 Å². The number of nitrogens with zero attached hydrogens (tertiary/aromatic N) is 2. The molecule has 1 aliphatic heterocycles. The molecule has 4 aromatic rings. The summed E-state index contributed by atoms with van der Waals surface area (Å²) in [5.41, 5.74) is 5.21. The Morgan fingerprint density at radius 2 is 1.53 bits per heavy atom. The number of urea groups is 1. The molecule has 1 atom stereocenters. The maximum atomic E-state index is 14.1. The lowest BCUT2D eigenvalue weighted by Crippen LogP contribution is -2.59. The highest BCUT2D eigenvalue weighted by atomic mass is 16.5. The highest BCUT2D eigenvalue weighted by molar-refractivity contribution is 6.01. The molecule has 0 aliphatic carbocycles. The lowest BCUT2D eigenvalue weighted by molar-refractivity contribution is -0.131. The van der Waals surface area contributed by atoms with E-state index < -0.39 is 23.6 Å². The van der Waals surface area contributed by atoms with Crippen molar-refractivity contribution in [2.24, 2.45) is 0 Å². The summed E-state index contributed by atoms with van der Waals surface area (Å²) in [5.74, 6) is -0.718. The molecule has 49 heavy (non-hydrogen) atoms. The molecule has 0 bridgehead atoms. The summed E-state index contributed by atoms with van der Waals surface area (Å²) in [5, 5.41) is 8.47. The number of amides is 5. The molecule has 10 heteroatoms. The number of carbonyl (C=O) groups excluding carboxylic acids is 4. The van der Waals surface area contributed by atoms with Crippen LogP contribution >= 0.6 is 0 Å². The smallest absolute Gasteiger partial charge is 0.408 e. The van der Waals surface area contributed by atoms with E-state index in [9.17, 15) is 19.2 Å². The van der Waals surface area contributed by atoms with Gasteiger partial charge in [-0.2, -0.15) is 0 Å². The van der Waals surface area contributed by atoms with E-state index in [1.165, 1.54) is 4.90 Å². The van der Waals surface area contributed by atoms with Gasteiger partial charge in [-0.1, -0.05) is 97.1 Å². The molecule has 0 saturated carbocycles. The number of ether oxygens (including phenoxy) is 1. The van der Waals surface area contributed by atoms with Crippen LogP contribution in [-0.2, 0) is 40.4 Å². The molecule has 3 N–H and O–H groups in total. The monoisotopic (exact) mass is 661 g/mol. The summed E-state index contributed by atoms with van der Waals surface area (Å²) in [6, 6.07) is 32.0. The predicted octanol–water partition coefficient (Wildman–Crippen LogP) is 5.79. The summed E-state index contributed by atoms with van der Waals surface area (Å²) in [4.78, 5) is 55.5. The number of para-hydroxylation sites is 1. The Hall–Kier alpha value is -5.64. The van der Waals surface area contributed by atoms with Gasteiger partial charge in [0.2, 0.25) is 11.8 Å². The summed E-state index contributed by atoms with van der Waals surface area (Å²) in [6.45, 7) is 3.92. The first-order chi connectivity index (χ1) is 23.5. The highest BCUT2D eigenvalue weighted by Gasteiger charge is 2.36. The molecular weight excluding hydrogens is 618 g/mol. The number of fused-ring (bicyclic) bond motifs is 1. The molecule has 0 spiro atoms. The van der Waals surface area contributed by atoms with Crippen LogP contribution in [0.4, 0.5) is 15.3 Å². The third kappa shape index (κ3) is 8.84. The van der Waals surface area contributed by atoms with Gasteiger partial charge in [-0.15, -0.1) is 0 Å². The second-order valence-electron chi connectivity index (χ2n) is 12.8. The summed E-state index contributed by atoms with van der Waals surface area (Å²) < 4.78 is 5.32. The average Bonchev–Trinajstić information content (AvgIpc) is 3.23. The molecule has 0 saturated heterocycles. The van der Waals surface area contributed by atoms with Crippen LogP contribution in [0.15, 0.2) is 103 Å². The Morgan fingerprint density at radius 1 is 0.857 bits per heavy atom. The minimum absolute atomic E-state index is 0.0706. The van der Waals surface area contributed by atoms with Crippen LogP contribution in [0.5, 0.6) is 0 Å². The standard InChI is InChI=1S/C39H43N5O5/c1-39(2,42-38(48)49-26-28-12-6-5-7-13-28)36(46)41-33-23-22-30-14-9-11-17-34(30)44(35(33)45)25-27-18-20-29(21-19-27)32-16-10-8-15-31(32)24-40-37(47)43(3)4/h5-21,33H,22-26H2,1-4H3,(H,40,47)(H,41,46)(H,42,48)/t33-/m1/s1. The third-order valence-electron chi connectivity index (χ3n) is 8.51. The zero-order valence-electron chi connectivity index (χ0n) is 28.4. The predicted molar refractivity (Wildman–Crippen MR) is 190 cm³/mol. The van der Waals surface area contributed by atoms with Crippen LogP contribution in [0.3, 0.4) is 0 Å². The molecule has 1 heterocycles. The number of anilines is 1. The van der Waals surface area contributed by atoms with E-state index in [0.717, 1.165) is 39.1 Å². The molecule has 4 aromatic carbocycles. The SMILES string of the molecule is CN(C)C(=O)NCc1ccccc1-c1ccc(CN2C(=O)[C@H](NC(=O)C(C)(C)NC(=O)OCc3ccccc3)CCc3ccccc32)cc1. The fraction of sp³-hybridized carbons (Fsp3) is 0.282. The van der Waals surface area contributed by atoms with Crippen molar-refractivity contribution in [2.75, 3.05) is 19.0 Å². The Kier molecular flexibility index (Phi) is 11.0. The summed E-state index contributed by atoms with van der Waals surface area (Å²) in [7, 11) is 3.41. The van der Waals surface area contributed by atoms with Crippen molar-refractivity contribution in [1.29, 1.82) is 0 Å². The quantitative estimate of drug-likeness (QED) is 0.199. The van der Waals surface area contributed by atoms with E-state index in [1.807, 2.05) is 103 Å². The second-order valence-corrected chi connectivity index (χ2v) is 12.8. The Balaban J connectivity index is 1.28. The summed E-state index contributed by atoms with van der Waals surface area (Å²) in [6.07, 6.45) is 0.276. The van der Waals surface area contributed by atoms with E-state index in [1.54, 1.807) is 32.8 Å². The Morgan fingerprint density at radius 3 is 2.27 bits per heavy atom. The van der Waals surface area contributed by atoms with Crippen molar-refractivity contribution < 1.29 is 23.9 Å². The molecule has 1 aliphatic rings. The first kappa shape index (κ1) is 34.7. The molecule has 5 amide bonds. The van der Waals surface area contributed by atoms with Crippen LogP contribution in [0.25, 0.3) is 11.1 Å². The van der Waals surface area contributed by atoms with Gasteiger partial charge in [-0.05, 0) is 66.1 Å². The van der Waals surface area contributed by atoms with Crippen LogP contribution in [0.2, 0.25) is 0 Å². The number of carbonyl (C=O) groups is 4. The maximum Gasteiger partial charge on any atom is 0.408 e. The van der Waals surface area contributed by atoms with Crippen LogP contribution in [0.1, 0.15) is 42.5 Å². The van der Waals surface area contributed by atoms with Crippen molar-refractivity contribution >= 4 is 29.6 Å². The van der Waals surface area contributed by atoms with Crippen molar-refractivity contribution in [3.05, 3.63) is 125 Å². The molecular formula is C39H43N5O5. The number of benzene rings is 4. The van der Waals surface area contributed by atoms with Crippen molar-refractivity contribution in [3.63, 3.8) is 0 Å². The molecule has 0 fully saturated rings. The van der Waals surface area contributed by atoms with Crippen molar-refractivity contribution in [2.45, 2.75) is 58.0 Å². The van der Waals surface area contributed by atoms with Crippen LogP contribution < -0.4 is 20.9 Å². The van der Waals surface area contributed by atoms with E-state index >= 15 is 0 Å². The Labute approximate surface area is 287 Å². The maximum absolute atomic E-state index is 14.1. The number of alkyl carbamates (subject to hydrolysis) is 1. The highest BCUT2D eigenvalue weighted by Crippen LogP contribution is 2.30. The third-order valence-corrected chi connectivity index (χ3v) is 8.51. The fourth-order valence-corrected chi connectivity index (χ4v) is 5.68. The zero-order valence-corrected chi connectivity index (χ0v) is 28.4. The first-order valence-electron chi connectivity index (χ1n) is 16.3. The minimum atomic E-state index is -1.33. The first-order valence-corrected chi connectivity index (χ1v) is 16.3. The van der Waals surface area contributed by atoms with E-state index in [-0.39, 0.29) is 18.5 Å². The van der Waals surface area contributed by atoms with Gasteiger partial charge in [0, 0.05) is 26.3 Å². The zero-order chi connectivity index (χ0) is 35.0. The second kappa shape index (κ2) is 15.5. The number of hydrogen-bond acceptors (Lipinski definition) is 5. The number of hydrogen-bond donors (Lipinski definition) is 3. The van der Waals surface area contributed by atoms with Gasteiger partial charge in [-0.25, -0.2) is 9.59 Å². The normalized spacial score (nSPS) is 14.2. The average molecular weight is 662 g/mol. The number of nitrogens with one attached hydrogen (secondary N) is 3. The Bertz CT molecular complexity index is 1790. The van der Waals surface area contributed by atoms with E-state index in [0.29, 0.717) is 25.9 Å². The van der Waals surface area contributed by atoms with Gasteiger partial charge in [-0.3, -0.25) is 9.59 Å². The molecule has 0 unspecified atom stereocenters. The van der Waals surface area contributed by atoms with Crippen molar-refractivity contribution in [3.8, 4) is 11.1 Å².